The Morgan fingerprint density at radius 1 is 1.38 bits per heavy atom. The van der Waals surface area contributed by atoms with Gasteiger partial charge < -0.3 is 5.73 Å². The summed E-state index contributed by atoms with van der Waals surface area (Å²) in [4.78, 5) is 2.51. The summed E-state index contributed by atoms with van der Waals surface area (Å²) in [5, 5.41) is 0. The van der Waals surface area contributed by atoms with E-state index < -0.39 is 0 Å². The van der Waals surface area contributed by atoms with Gasteiger partial charge in [-0.25, -0.2) is 0 Å². The largest absolute Gasteiger partial charge is 0.326 e. The number of nitrogens with zero attached hydrogens (tertiary/aromatic N) is 1. The zero-order chi connectivity index (χ0) is 10.1. The second kappa shape index (κ2) is 3.97. The third-order valence-corrected chi connectivity index (χ3v) is 3.36. The monoisotopic (exact) mass is 186 g/mol. The van der Waals surface area contributed by atoms with Crippen LogP contribution in [0.15, 0.2) is 0 Å². The molecule has 2 nitrogen and oxygen atoms in total. The molecule has 1 saturated carbocycles. The molecule has 0 aromatic heterocycles. The average Bonchev–Trinajstić information content (AvgIpc) is 2.80. The van der Waals surface area contributed by atoms with Gasteiger partial charge in [-0.1, -0.05) is 13.8 Å². The van der Waals surface area contributed by atoms with Crippen LogP contribution in [-0.2, 0) is 0 Å². The van der Waals surface area contributed by atoms with Crippen LogP contribution in [0.25, 0.3) is 0 Å². The normalized spacial score (nSPS) is 30.5. The molecule has 0 aromatic carbocycles. The van der Waals surface area contributed by atoms with Crippen molar-refractivity contribution in [3.63, 3.8) is 0 Å². The lowest BCUT2D eigenvalue weighted by Crippen LogP contribution is -2.32. The Morgan fingerprint density at radius 3 is 2.15 bits per heavy atom. The van der Waals surface area contributed by atoms with Crippen molar-refractivity contribution in [2.45, 2.75) is 52.6 Å². The van der Waals surface area contributed by atoms with Crippen molar-refractivity contribution in [3.05, 3.63) is 0 Å². The number of nitrogens with two attached hydrogens (primary N) is 1. The van der Waals surface area contributed by atoms with Gasteiger partial charge in [0, 0.05) is 26.6 Å². The molecule has 1 atom stereocenters. The van der Waals surface area contributed by atoms with E-state index in [0.717, 1.165) is 6.54 Å². The van der Waals surface area contributed by atoms with Gasteiger partial charge in [0.05, 0.1) is 0 Å². The minimum absolute atomic E-state index is 0. The van der Waals surface area contributed by atoms with E-state index in [1.807, 2.05) is 13.8 Å². The highest BCUT2D eigenvalue weighted by Gasteiger charge is 2.53. The molecule has 2 rings (SSSR count). The standard InChI is InChI=1S/C9H18N2.C2H6.H2/c1-7(2)11-5-8(10)9(6-11)3-4-9;1-2;/h7-8H,3-6,10H2,1-2H3;1-2H3;1H. The SMILES string of the molecule is CC.CC(C)N1CC(N)C2(CC2)C1.[HH]. The molecule has 1 aliphatic carbocycles. The van der Waals surface area contributed by atoms with Crippen LogP contribution in [0.1, 0.15) is 42.0 Å². The maximum absolute atomic E-state index is 6.06. The van der Waals surface area contributed by atoms with Gasteiger partial charge in [-0.05, 0) is 32.1 Å². The minimum Gasteiger partial charge on any atom is -0.326 e. The third kappa shape index (κ3) is 2.05. The van der Waals surface area contributed by atoms with Crippen LogP contribution in [0.2, 0.25) is 0 Å². The van der Waals surface area contributed by atoms with Crippen molar-refractivity contribution >= 4 is 0 Å². The molecule has 1 aliphatic heterocycles. The second-order valence-corrected chi connectivity index (χ2v) is 4.49. The molecule has 1 spiro atoms. The molecule has 1 saturated heterocycles. The van der Waals surface area contributed by atoms with Crippen molar-refractivity contribution in [1.29, 1.82) is 0 Å². The second-order valence-electron chi connectivity index (χ2n) is 4.49. The van der Waals surface area contributed by atoms with Crippen LogP contribution in [0.3, 0.4) is 0 Å². The van der Waals surface area contributed by atoms with Crippen molar-refractivity contribution in [3.8, 4) is 0 Å². The van der Waals surface area contributed by atoms with E-state index in [9.17, 15) is 0 Å². The molecule has 80 valence electrons. The maximum Gasteiger partial charge on any atom is 0.0237 e. The van der Waals surface area contributed by atoms with Gasteiger partial charge in [0.15, 0.2) is 0 Å². The molecule has 2 fully saturated rings. The summed E-state index contributed by atoms with van der Waals surface area (Å²) >= 11 is 0. The molecular formula is C11H26N2. The van der Waals surface area contributed by atoms with Gasteiger partial charge in [-0.2, -0.15) is 0 Å². The Kier molecular flexibility index (Phi) is 3.36. The molecular weight excluding hydrogens is 160 g/mol. The lowest BCUT2D eigenvalue weighted by molar-refractivity contribution is 0.261. The average molecular weight is 186 g/mol. The van der Waals surface area contributed by atoms with E-state index in [2.05, 4.69) is 18.7 Å². The Morgan fingerprint density at radius 2 is 1.92 bits per heavy atom. The van der Waals surface area contributed by atoms with Crippen LogP contribution in [0.4, 0.5) is 0 Å². The van der Waals surface area contributed by atoms with Crippen LogP contribution in [0, 0.1) is 5.41 Å². The molecule has 0 bridgehead atoms. The van der Waals surface area contributed by atoms with E-state index in [0.29, 0.717) is 17.5 Å². The Labute approximate surface area is 84.0 Å². The van der Waals surface area contributed by atoms with E-state index in [4.69, 9.17) is 5.73 Å². The zero-order valence-corrected chi connectivity index (χ0v) is 9.51. The van der Waals surface area contributed by atoms with E-state index >= 15 is 0 Å². The summed E-state index contributed by atoms with van der Waals surface area (Å²) in [6.45, 7) is 10.9. The van der Waals surface area contributed by atoms with Crippen LogP contribution in [-0.4, -0.2) is 30.1 Å². The fraction of sp³-hybridized carbons (Fsp3) is 1.00. The molecule has 1 heterocycles. The first-order valence-corrected chi connectivity index (χ1v) is 5.64. The molecule has 2 heteroatoms. The topological polar surface area (TPSA) is 29.3 Å². The van der Waals surface area contributed by atoms with Crippen molar-refractivity contribution in [2.75, 3.05) is 13.1 Å². The molecule has 0 amide bonds. The summed E-state index contributed by atoms with van der Waals surface area (Å²) in [6.07, 6.45) is 2.74. The lowest BCUT2D eigenvalue weighted by atomic mass is 10.0. The van der Waals surface area contributed by atoms with Gasteiger partial charge in [-0.15, -0.1) is 0 Å². The minimum atomic E-state index is 0. The molecule has 13 heavy (non-hydrogen) atoms. The van der Waals surface area contributed by atoms with Gasteiger partial charge in [-0.3, -0.25) is 4.90 Å². The molecule has 0 radical (unpaired) electrons. The highest BCUT2D eigenvalue weighted by molar-refractivity contribution is 5.08. The smallest absolute Gasteiger partial charge is 0.0237 e. The summed E-state index contributed by atoms with van der Waals surface area (Å²) in [5.74, 6) is 0. The van der Waals surface area contributed by atoms with Crippen LogP contribution >= 0.6 is 0 Å². The first-order chi connectivity index (χ1) is 6.14. The summed E-state index contributed by atoms with van der Waals surface area (Å²) < 4.78 is 0. The van der Waals surface area contributed by atoms with Crippen molar-refractivity contribution in [2.24, 2.45) is 11.1 Å². The number of rotatable bonds is 1. The molecule has 2 N–H and O–H groups in total. The highest BCUT2D eigenvalue weighted by atomic mass is 15.2. The molecule has 2 aliphatic rings. The fourth-order valence-electron chi connectivity index (χ4n) is 2.12. The zero-order valence-electron chi connectivity index (χ0n) is 9.51. The molecule has 0 aromatic rings. The van der Waals surface area contributed by atoms with E-state index in [1.165, 1.54) is 19.4 Å². The summed E-state index contributed by atoms with van der Waals surface area (Å²) in [6, 6.07) is 1.14. The van der Waals surface area contributed by atoms with Gasteiger partial charge in [0.1, 0.15) is 0 Å². The van der Waals surface area contributed by atoms with Crippen molar-refractivity contribution < 1.29 is 1.43 Å². The van der Waals surface area contributed by atoms with Crippen molar-refractivity contribution in [1.82, 2.24) is 4.90 Å². The predicted octanol–water partition coefficient (Wildman–Crippen LogP) is 2.09. The Hall–Kier alpha value is -0.0800. The van der Waals surface area contributed by atoms with Gasteiger partial charge in [0.25, 0.3) is 0 Å². The first-order valence-electron chi connectivity index (χ1n) is 5.64. The maximum atomic E-state index is 6.06. The lowest BCUT2D eigenvalue weighted by Gasteiger charge is -2.19. The van der Waals surface area contributed by atoms with Gasteiger partial charge >= 0.3 is 0 Å². The third-order valence-electron chi connectivity index (χ3n) is 3.36. The quantitative estimate of drug-likeness (QED) is 0.679. The van der Waals surface area contributed by atoms with Crippen LogP contribution in [0.5, 0.6) is 0 Å². The number of likely N-dealkylation sites (tertiary alicyclic amines) is 1. The molecule has 1 unspecified atom stereocenters. The summed E-state index contributed by atoms with van der Waals surface area (Å²) in [5.41, 5.74) is 6.62. The number of hydrogen-bond donors (Lipinski definition) is 1. The van der Waals surface area contributed by atoms with E-state index in [-0.39, 0.29) is 1.43 Å². The van der Waals surface area contributed by atoms with Crippen LogP contribution < -0.4 is 5.73 Å². The first kappa shape index (κ1) is 11.0. The summed E-state index contributed by atoms with van der Waals surface area (Å²) in [7, 11) is 0. The predicted molar refractivity (Wildman–Crippen MR) is 59.8 cm³/mol. The Bertz CT molecular complexity index is 167. The number of hydrogen-bond acceptors (Lipinski definition) is 2. The Balaban J connectivity index is 0.000000531. The van der Waals surface area contributed by atoms with E-state index in [1.54, 1.807) is 0 Å². The fourth-order valence-corrected chi connectivity index (χ4v) is 2.12. The highest BCUT2D eigenvalue weighted by Crippen LogP contribution is 2.52. The van der Waals surface area contributed by atoms with Gasteiger partial charge in [0.2, 0.25) is 0 Å².